The molecule has 1 saturated carbocycles. The SMILES string of the molecule is CC(C(=O)NCCc1csc(-c2ccccc2)n1)n1nc(C2CC2)ccc1=O. The second kappa shape index (κ2) is 8.06. The second-order valence-corrected chi connectivity index (χ2v) is 7.90. The van der Waals surface area contributed by atoms with E-state index in [0.29, 0.717) is 18.9 Å². The van der Waals surface area contributed by atoms with E-state index < -0.39 is 6.04 Å². The van der Waals surface area contributed by atoms with Crippen LogP contribution in [0.1, 0.15) is 43.1 Å². The van der Waals surface area contributed by atoms with Crippen molar-refractivity contribution in [3.63, 3.8) is 0 Å². The minimum atomic E-state index is -0.637. The zero-order valence-electron chi connectivity index (χ0n) is 15.7. The van der Waals surface area contributed by atoms with E-state index in [9.17, 15) is 9.59 Å². The number of rotatable bonds is 7. The highest BCUT2D eigenvalue weighted by Crippen LogP contribution is 2.38. The van der Waals surface area contributed by atoms with Gasteiger partial charge >= 0.3 is 0 Å². The molecule has 3 aromatic rings. The molecule has 4 rings (SSSR count). The van der Waals surface area contributed by atoms with Crippen LogP contribution in [0.3, 0.4) is 0 Å². The molecule has 28 heavy (non-hydrogen) atoms. The van der Waals surface area contributed by atoms with E-state index in [1.807, 2.05) is 35.7 Å². The molecule has 1 atom stereocenters. The topological polar surface area (TPSA) is 76.9 Å². The molecule has 6 nitrogen and oxygen atoms in total. The third kappa shape index (κ3) is 4.20. The summed E-state index contributed by atoms with van der Waals surface area (Å²) in [7, 11) is 0. The average molecular weight is 395 g/mol. The molecule has 2 aromatic heterocycles. The number of aromatic nitrogens is 3. The Labute approximate surface area is 167 Å². The van der Waals surface area contributed by atoms with Gasteiger partial charge in [-0.2, -0.15) is 5.10 Å². The van der Waals surface area contributed by atoms with E-state index in [4.69, 9.17) is 0 Å². The van der Waals surface area contributed by atoms with Crippen LogP contribution in [-0.2, 0) is 11.2 Å². The summed E-state index contributed by atoms with van der Waals surface area (Å²) < 4.78 is 1.29. The van der Waals surface area contributed by atoms with Crippen molar-refractivity contribution in [2.75, 3.05) is 6.54 Å². The van der Waals surface area contributed by atoms with Gasteiger partial charge in [0.1, 0.15) is 11.0 Å². The summed E-state index contributed by atoms with van der Waals surface area (Å²) in [5, 5.41) is 10.3. The van der Waals surface area contributed by atoms with Crippen LogP contribution in [0.5, 0.6) is 0 Å². The third-order valence-corrected chi connectivity index (χ3v) is 5.78. The molecule has 0 radical (unpaired) electrons. The molecular weight excluding hydrogens is 372 g/mol. The van der Waals surface area contributed by atoms with Crippen LogP contribution >= 0.6 is 11.3 Å². The van der Waals surface area contributed by atoms with Crippen molar-refractivity contribution in [3.05, 3.63) is 69.6 Å². The Morgan fingerprint density at radius 1 is 1.25 bits per heavy atom. The number of carbonyl (C=O) groups excluding carboxylic acids is 1. The molecule has 1 amide bonds. The lowest BCUT2D eigenvalue weighted by Gasteiger charge is -2.14. The molecule has 1 aromatic carbocycles. The van der Waals surface area contributed by atoms with Gasteiger partial charge in [0, 0.05) is 35.9 Å². The van der Waals surface area contributed by atoms with Gasteiger partial charge in [-0.05, 0) is 25.8 Å². The molecule has 0 spiro atoms. The Kier molecular flexibility index (Phi) is 5.34. The molecule has 0 bridgehead atoms. The van der Waals surface area contributed by atoms with Gasteiger partial charge < -0.3 is 5.32 Å². The Morgan fingerprint density at radius 3 is 2.79 bits per heavy atom. The lowest BCUT2D eigenvalue weighted by atomic mass is 10.2. The van der Waals surface area contributed by atoms with Crippen molar-refractivity contribution in [2.45, 2.75) is 38.1 Å². The smallest absolute Gasteiger partial charge is 0.267 e. The predicted octanol–water partition coefficient (Wildman–Crippen LogP) is 3.16. The fraction of sp³-hybridized carbons (Fsp3) is 0.333. The van der Waals surface area contributed by atoms with Crippen molar-refractivity contribution >= 4 is 17.2 Å². The predicted molar refractivity (Wildman–Crippen MR) is 109 cm³/mol. The second-order valence-electron chi connectivity index (χ2n) is 7.04. The highest BCUT2D eigenvalue weighted by atomic mass is 32.1. The summed E-state index contributed by atoms with van der Waals surface area (Å²) in [6.07, 6.45) is 2.85. The molecule has 144 valence electrons. The first kappa shape index (κ1) is 18.6. The number of carbonyl (C=O) groups is 1. The van der Waals surface area contributed by atoms with Crippen molar-refractivity contribution in [1.82, 2.24) is 20.1 Å². The average Bonchev–Trinajstić information content (AvgIpc) is 3.46. The molecule has 1 fully saturated rings. The standard InChI is InChI=1S/C21H22N4O2S/c1-14(25-19(26)10-9-18(24-25)15-7-8-15)20(27)22-12-11-17-13-28-21(23-17)16-5-3-2-4-6-16/h2-6,9-10,13-15H,7-8,11-12H2,1H3,(H,22,27). The molecule has 1 unspecified atom stereocenters. The van der Waals surface area contributed by atoms with Gasteiger partial charge in [-0.25, -0.2) is 9.67 Å². The number of nitrogens with one attached hydrogen (secondary N) is 1. The van der Waals surface area contributed by atoms with Gasteiger partial charge in [0.2, 0.25) is 5.91 Å². The van der Waals surface area contributed by atoms with Crippen LogP contribution in [0.25, 0.3) is 10.6 Å². The van der Waals surface area contributed by atoms with Crippen LogP contribution in [0.15, 0.2) is 52.6 Å². The fourth-order valence-electron chi connectivity index (χ4n) is 3.02. The zero-order valence-corrected chi connectivity index (χ0v) is 16.5. The van der Waals surface area contributed by atoms with Gasteiger partial charge in [-0.15, -0.1) is 11.3 Å². The molecule has 2 heterocycles. The molecule has 0 aliphatic heterocycles. The summed E-state index contributed by atoms with van der Waals surface area (Å²) >= 11 is 1.60. The minimum Gasteiger partial charge on any atom is -0.354 e. The molecule has 0 saturated heterocycles. The van der Waals surface area contributed by atoms with E-state index >= 15 is 0 Å². The van der Waals surface area contributed by atoms with Crippen molar-refractivity contribution in [3.8, 4) is 10.6 Å². The first-order valence-corrected chi connectivity index (χ1v) is 10.4. The maximum absolute atomic E-state index is 12.5. The molecule has 1 N–H and O–H groups in total. The van der Waals surface area contributed by atoms with Crippen LogP contribution in [0.4, 0.5) is 0 Å². The van der Waals surface area contributed by atoms with Crippen molar-refractivity contribution < 1.29 is 4.79 Å². The van der Waals surface area contributed by atoms with E-state index in [1.54, 1.807) is 24.3 Å². The normalized spacial score (nSPS) is 14.6. The van der Waals surface area contributed by atoms with Gasteiger partial charge in [-0.1, -0.05) is 30.3 Å². The zero-order chi connectivity index (χ0) is 19.5. The highest BCUT2D eigenvalue weighted by Gasteiger charge is 2.27. The number of benzene rings is 1. The van der Waals surface area contributed by atoms with Crippen LogP contribution < -0.4 is 10.9 Å². The Bertz CT molecular complexity index is 1020. The van der Waals surface area contributed by atoms with Gasteiger partial charge in [0.25, 0.3) is 5.56 Å². The van der Waals surface area contributed by atoms with Gasteiger partial charge in [-0.3, -0.25) is 9.59 Å². The fourth-order valence-corrected chi connectivity index (χ4v) is 3.88. The molecule has 7 heteroatoms. The van der Waals surface area contributed by atoms with E-state index in [-0.39, 0.29) is 11.5 Å². The first-order valence-electron chi connectivity index (χ1n) is 9.49. The summed E-state index contributed by atoms with van der Waals surface area (Å²) in [5.74, 6) is 0.228. The quantitative estimate of drug-likeness (QED) is 0.668. The summed E-state index contributed by atoms with van der Waals surface area (Å²) in [4.78, 5) is 29.2. The van der Waals surface area contributed by atoms with Crippen molar-refractivity contribution in [1.29, 1.82) is 0 Å². The first-order chi connectivity index (χ1) is 13.6. The number of hydrogen-bond donors (Lipinski definition) is 1. The van der Waals surface area contributed by atoms with Gasteiger partial charge in [0.05, 0.1) is 11.4 Å². The van der Waals surface area contributed by atoms with Crippen LogP contribution in [-0.4, -0.2) is 27.2 Å². The van der Waals surface area contributed by atoms with Crippen molar-refractivity contribution in [2.24, 2.45) is 0 Å². The Morgan fingerprint density at radius 2 is 2.04 bits per heavy atom. The molecule has 1 aliphatic carbocycles. The lowest BCUT2D eigenvalue weighted by molar-refractivity contribution is -0.124. The summed E-state index contributed by atoms with van der Waals surface area (Å²) in [6.45, 7) is 2.18. The monoisotopic (exact) mass is 394 g/mol. The largest absolute Gasteiger partial charge is 0.354 e. The summed E-state index contributed by atoms with van der Waals surface area (Å²) in [5.41, 5.74) is 2.69. The summed E-state index contributed by atoms with van der Waals surface area (Å²) in [6, 6.07) is 12.7. The van der Waals surface area contributed by atoms with Gasteiger partial charge in [0.15, 0.2) is 0 Å². The van der Waals surface area contributed by atoms with Crippen LogP contribution in [0.2, 0.25) is 0 Å². The number of thiazole rings is 1. The van der Waals surface area contributed by atoms with E-state index in [1.165, 1.54) is 10.7 Å². The van der Waals surface area contributed by atoms with E-state index in [2.05, 4.69) is 15.4 Å². The van der Waals surface area contributed by atoms with E-state index in [0.717, 1.165) is 34.8 Å². The Balaban J connectivity index is 1.34. The minimum absolute atomic E-state index is 0.207. The highest BCUT2D eigenvalue weighted by molar-refractivity contribution is 7.13. The molecular formula is C21H22N4O2S. The number of amides is 1. The molecule has 1 aliphatic rings. The Hall–Kier alpha value is -2.80. The number of hydrogen-bond acceptors (Lipinski definition) is 5. The third-order valence-electron chi connectivity index (χ3n) is 4.84. The number of nitrogens with zero attached hydrogens (tertiary/aromatic N) is 3. The van der Waals surface area contributed by atoms with Crippen LogP contribution in [0, 0.1) is 0 Å². The maximum atomic E-state index is 12.5. The maximum Gasteiger partial charge on any atom is 0.267 e. The lowest BCUT2D eigenvalue weighted by Crippen LogP contribution is -2.38.